The Hall–Kier alpha value is -1.05. The van der Waals surface area contributed by atoms with E-state index in [0.717, 1.165) is 11.6 Å². The molecular formula is C12H16FN. The molecule has 0 saturated heterocycles. The SMILES string of the molecule is CC1CCCC1Nc1ccc(F)cc1. The zero-order valence-electron chi connectivity index (χ0n) is 8.46. The average molecular weight is 193 g/mol. The smallest absolute Gasteiger partial charge is 0.123 e. The van der Waals surface area contributed by atoms with E-state index in [1.165, 1.54) is 31.4 Å². The van der Waals surface area contributed by atoms with Crippen LogP contribution in [0.15, 0.2) is 24.3 Å². The van der Waals surface area contributed by atoms with Crippen molar-refractivity contribution in [1.82, 2.24) is 0 Å². The van der Waals surface area contributed by atoms with Crippen molar-refractivity contribution in [2.45, 2.75) is 32.2 Å². The molecule has 0 aliphatic heterocycles. The molecule has 0 bridgehead atoms. The number of nitrogens with one attached hydrogen (secondary N) is 1. The third kappa shape index (κ3) is 2.06. The Morgan fingerprint density at radius 1 is 1.21 bits per heavy atom. The fourth-order valence-electron chi connectivity index (χ4n) is 2.12. The Morgan fingerprint density at radius 2 is 1.93 bits per heavy atom. The molecule has 1 aliphatic rings. The van der Waals surface area contributed by atoms with Gasteiger partial charge in [-0.1, -0.05) is 13.3 Å². The summed E-state index contributed by atoms with van der Waals surface area (Å²) in [4.78, 5) is 0. The number of anilines is 1. The molecule has 2 heteroatoms. The van der Waals surface area contributed by atoms with Gasteiger partial charge in [0.05, 0.1) is 0 Å². The number of hydrogen-bond donors (Lipinski definition) is 1. The average Bonchev–Trinajstić information content (AvgIpc) is 2.56. The van der Waals surface area contributed by atoms with E-state index < -0.39 is 0 Å². The van der Waals surface area contributed by atoms with Crippen molar-refractivity contribution in [1.29, 1.82) is 0 Å². The molecule has 0 radical (unpaired) electrons. The lowest BCUT2D eigenvalue weighted by atomic mass is 10.1. The van der Waals surface area contributed by atoms with Gasteiger partial charge in [0.1, 0.15) is 5.82 Å². The van der Waals surface area contributed by atoms with Crippen molar-refractivity contribution in [2.24, 2.45) is 5.92 Å². The maximum atomic E-state index is 12.6. The van der Waals surface area contributed by atoms with Crippen molar-refractivity contribution in [3.05, 3.63) is 30.1 Å². The van der Waals surface area contributed by atoms with Gasteiger partial charge in [0.25, 0.3) is 0 Å². The van der Waals surface area contributed by atoms with Crippen LogP contribution in [0.5, 0.6) is 0 Å². The van der Waals surface area contributed by atoms with Gasteiger partial charge in [-0.3, -0.25) is 0 Å². The van der Waals surface area contributed by atoms with E-state index in [1.807, 2.05) is 0 Å². The lowest BCUT2D eigenvalue weighted by Gasteiger charge is -2.18. The van der Waals surface area contributed by atoms with E-state index in [-0.39, 0.29) is 5.82 Å². The number of benzene rings is 1. The van der Waals surface area contributed by atoms with Crippen LogP contribution in [-0.4, -0.2) is 6.04 Å². The second-order valence-corrected chi connectivity index (χ2v) is 4.17. The molecule has 0 amide bonds. The Kier molecular flexibility index (Phi) is 2.71. The van der Waals surface area contributed by atoms with Crippen LogP contribution in [0.2, 0.25) is 0 Å². The minimum atomic E-state index is -0.171. The Morgan fingerprint density at radius 3 is 2.50 bits per heavy atom. The van der Waals surface area contributed by atoms with Crippen LogP contribution in [0.4, 0.5) is 10.1 Å². The van der Waals surface area contributed by atoms with E-state index in [4.69, 9.17) is 0 Å². The van der Waals surface area contributed by atoms with Gasteiger partial charge in [-0.15, -0.1) is 0 Å². The Balaban J connectivity index is 2.00. The maximum Gasteiger partial charge on any atom is 0.123 e. The molecule has 1 aliphatic carbocycles. The molecule has 1 saturated carbocycles. The fourth-order valence-corrected chi connectivity index (χ4v) is 2.12. The van der Waals surface area contributed by atoms with Crippen molar-refractivity contribution in [3.8, 4) is 0 Å². The summed E-state index contributed by atoms with van der Waals surface area (Å²) in [5.74, 6) is 0.565. The van der Waals surface area contributed by atoms with Crippen molar-refractivity contribution in [2.75, 3.05) is 5.32 Å². The standard InChI is InChI=1S/C12H16FN/c1-9-3-2-4-12(9)14-11-7-5-10(13)6-8-11/h5-9,12,14H,2-4H2,1H3. The van der Waals surface area contributed by atoms with Gasteiger partial charge in [-0.2, -0.15) is 0 Å². The lowest BCUT2D eigenvalue weighted by molar-refractivity contribution is 0.556. The molecule has 76 valence electrons. The van der Waals surface area contributed by atoms with Crippen molar-refractivity contribution in [3.63, 3.8) is 0 Å². The van der Waals surface area contributed by atoms with Gasteiger partial charge in [0, 0.05) is 11.7 Å². The van der Waals surface area contributed by atoms with Gasteiger partial charge in [-0.25, -0.2) is 4.39 Å². The first kappa shape index (κ1) is 9.50. The number of rotatable bonds is 2. The molecule has 0 heterocycles. The van der Waals surface area contributed by atoms with E-state index in [1.54, 1.807) is 12.1 Å². The molecule has 2 unspecified atom stereocenters. The highest BCUT2D eigenvalue weighted by atomic mass is 19.1. The zero-order chi connectivity index (χ0) is 9.97. The molecular weight excluding hydrogens is 177 g/mol. The van der Waals surface area contributed by atoms with Gasteiger partial charge in [0.15, 0.2) is 0 Å². The normalized spacial score (nSPS) is 26.4. The van der Waals surface area contributed by atoms with Crippen LogP contribution in [0, 0.1) is 11.7 Å². The predicted molar refractivity (Wildman–Crippen MR) is 56.8 cm³/mol. The summed E-state index contributed by atoms with van der Waals surface area (Å²) in [6.07, 6.45) is 3.84. The summed E-state index contributed by atoms with van der Waals surface area (Å²) in [5.41, 5.74) is 1.03. The molecule has 0 aromatic heterocycles. The summed E-state index contributed by atoms with van der Waals surface area (Å²) < 4.78 is 12.6. The predicted octanol–water partition coefficient (Wildman–Crippen LogP) is 3.43. The number of hydrogen-bond acceptors (Lipinski definition) is 1. The molecule has 2 rings (SSSR count). The lowest BCUT2D eigenvalue weighted by Crippen LogP contribution is -2.21. The van der Waals surface area contributed by atoms with Crippen LogP contribution in [-0.2, 0) is 0 Å². The minimum Gasteiger partial charge on any atom is -0.382 e. The van der Waals surface area contributed by atoms with Gasteiger partial charge in [0.2, 0.25) is 0 Å². The van der Waals surface area contributed by atoms with Crippen LogP contribution in [0.1, 0.15) is 26.2 Å². The summed E-state index contributed by atoms with van der Waals surface area (Å²) in [7, 11) is 0. The van der Waals surface area contributed by atoms with Crippen LogP contribution < -0.4 is 5.32 Å². The Bertz CT molecular complexity index is 294. The molecule has 14 heavy (non-hydrogen) atoms. The second-order valence-electron chi connectivity index (χ2n) is 4.17. The maximum absolute atomic E-state index is 12.6. The van der Waals surface area contributed by atoms with Crippen LogP contribution in [0.3, 0.4) is 0 Å². The van der Waals surface area contributed by atoms with Crippen molar-refractivity contribution >= 4 is 5.69 Å². The van der Waals surface area contributed by atoms with Gasteiger partial charge < -0.3 is 5.32 Å². The first-order valence-electron chi connectivity index (χ1n) is 5.28. The highest BCUT2D eigenvalue weighted by Crippen LogP contribution is 2.27. The highest BCUT2D eigenvalue weighted by Gasteiger charge is 2.22. The first-order valence-corrected chi connectivity index (χ1v) is 5.28. The monoisotopic (exact) mass is 193 g/mol. The van der Waals surface area contributed by atoms with Crippen molar-refractivity contribution < 1.29 is 4.39 Å². The Labute approximate surface area is 84.3 Å². The summed E-state index contributed by atoms with van der Waals surface area (Å²) in [6, 6.07) is 7.19. The fraction of sp³-hybridized carbons (Fsp3) is 0.500. The van der Waals surface area contributed by atoms with Crippen LogP contribution in [0.25, 0.3) is 0 Å². The molecule has 0 spiro atoms. The zero-order valence-corrected chi connectivity index (χ0v) is 8.46. The minimum absolute atomic E-state index is 0.171. The first-order chi connectivity index (χ1) is 6.75. The van der Waals surface area contributed by atoms with Gasteiger partial charge >= 0.3 is 0 Å². The largest absolute Gasteiger partial charge is 0.382 e. The summed E-state index contributed by atoms with van der Waals surface area (Å²) in [6.45, 7) is 2.27. The third-order valence-electron chi connectivity index (χ3n) is 3.06. The van der Waals surface area contributed by atoms with E-state index in [2.05, 4.69) is 12.2 Å². The van der Waals surface area contributed by atoms with Gasteiger partial charge in [-0.05, 0) is 43.0 Å². The molecule has 1 aromatic rings. The van der Waals surface area contributed by atoms with E-state index in [0.29, 0.717) is 6.04 Å². The topological polar surface area (TPSA) is 12.0 Å². The highest BCUT2D eigenvalue weighted by molar-refractivity contribution is 5.44. The summed E-state index contributed by atoms with van der Waals surface area (Å²) >= 11 is 0. The quantitative estimate of drug-likeness (QED) is 0.758. The molecule has 1 fully saturated rings. The number of halogens is 1. The second kappa shape index (κ2) is 3.99. The van der Waals surface area contributed by atoms with E-state index >= 15 is 0 Å². The molecule has 1 nitrogen and oxygen atoms in total. The molecule has 1 aromatic carbocycles. The molecule has 1 N–H and O–H groups in total. The van der Waals surface area contributed by atoms with Crippen LogP contribution >= 0.6 is 0 Å². The third-order valence-corrected chi connectivity index (χ3v) is 3.06. The summed E-state index contributed by atoms with van der Waals surface area (Å²) in [5, 5.41) is 3.45. The van der Waals surface area contributed by atoms with E-state index in [9.17, 15) is 4.39 Å². The molecule has 2 atom stereocenters.